The number of rotatable bonds is 12. The number of nitrogens with one attached hydrogen (secondary N) is 3. The molecule has 12 heteroatoms. The fraction of sp³-hybridized carbons (Fsp3) is 0.0909. The Morgan fingerprint density at radius 3 is 2.24 bits per heavy atom. The van der Waals surface area contributed by atoms with Crippen molar-refractivity contribution >= 4 is 69.1 Å². The maximum atomic E-state index is 12.7. The van der Waals surface area contributed by atoms with E-state index in [1.807, 2.05) is 48.7 Å². The number of ether oxygens (including phenoxy) is 2. The maximum absolute atomic E-state index is 12.7. The van der Waals surface area contributed by atoms with E-state index in [-0.39, 0.29) is 18.4 Å². The van der Waals surface area contributed by atoms with Crippen LogP contribution in [0.1, 0.15) is 22.8 Å². The summed E-state index contributed by atoms with van der Waals surface area (Å²) >= 11 is 13.3. The highest BCUT2D eigenvalue weighted by atomic mass is 35.5. The third kappa shape index (κ3) is 9.05. The van der Waals surface area contributed by atoms with Crippen molar-refractivity contribution in [2.75, 3.05) is 23.8 Å². The first-order chi connectivity index (χ1) is 21.9. The molecule has 0 spiro atoms. The lowest BCUT2D eigenvalue weighted by molar-refractivity contribution is -0.118. The predicted molar refractivity (Wildman–Crippen MR) is 181 cm³/mol. The van der Waals surface area contributed by atoms with Crippen LogP contribution in [0.3, 0.4) is 0 Å². The van der Waals surface area contributed by atoms with E-state index in [0.29, 0.717) is 45.0 Å². The Hall–Kier alpha value is -4.90. The molecule has 0 saturated carbocycles. The molecule has 0 unspecified atom stereocenters. The van der Waals surface area contributed by atoms with Crippen molar-refractivity contribution in [3.8, 4) is 22.8 Å². The van der Waals surface area contributed by atoms with Gasteiger partial charge in [0.05, 0.1) is 18.5 Å². The van der Waals surface area contributed by atoms with Crippen molar-refractivity contribution in [3.63, 3.8) is 0 Å². The molecule has 1 aromatic heterocycles. The fourth-order valence-electron chi connectivity index (χ4n) is 4.01. The summed E-state index contributed by atoms with van der Waals surface area (Å²) in [6.07, 6.45) is 1.50. The average molecular weight is 661 g/mol. The molecule has 0 aliphatic carbocycles. The molecular formula is C33H27Cl2N5O4S. The molecule has 2 amide bonds. The average Bonchev–Trinajstić information content (AvgIpc) is 3.51. The molecule has 4 aromatic carbocycles. The minimum atomic E-state index is -0.363. The van der Waals surface area contributed by atoms with Crippen LogP contribution in [0.5, 0.6) is 11.5 Å². The summed E-state index contributed by atoms with van der Waals surface area (Å²) in [5.74, 6) is 0.148. The number of benzene rings is 4. The van der Waals surface area contributed by atoms with Gasteiger partial charge in [0.1, 0.15) is 0 Å². The number of hydrogen-bond donors (Lipinski definition) is 3. The van der Waals surface area contributed by atoms with Gasteiger partial charge in [-0.1, -0.05) is 35.3 Å². The molecule has 0 aliphatic heterocycles. The highest BCUT2D eigenvalue weighted by Crippen LogP contribution is 2.29. The molecule has 0 atom stereocenters. The Morgan fingerprint density at radius 2 is 1.56 bits per heavy atom. The van der Waals surface area contributed by atoms with Crippen LogP contribution in [-0.2, 0) is 4.79 Å². The Bertz CT molecular complexity index is 1790. The van der Waals surface area contributed by atoms with E-state index in [1.165, 1.54) is 17.6 Å². The van der Waals surface area contributed by atoms with Gasteiger partial charge in [0.2, 0.25) is 0 Å². The number of carbonyl (C=O) groups excluding carboxylic acids is 2. The topological polar surface area (TPSA) is 114 Å². The largest absolute Gasteiger partial charge is 0.490 e. The fourth-order valence-corrected chi connectivity index (χ4v) is 5.00. The van der Waals surface area contributed by atoms with E-state index >= 15 is 0 Å². The number of halogens is 2. The summed E-state index contributed by atoms with van der Waals surface area (Å²) < 4.78 is 11.4. The molecule has 0 aliphatic rings. The van der Waals surface area contributed by atoms with E-state index in [2.05, 4.69) is 26.1 Å². The van der Waals surface area contributed by atoms with E-state index in [0.717, 1.165) is 22.1 Å². The molecule has 9 nitrogen and oxygen atoms in total. The molecular weight excluding hydrogens is 633 g/mol. The van der Waals surface area contributed by atoms with Gasteiger partial charge in [-0.25, -0.2) is 10.4 Å². The second-order valence-corrected chi connectivity index (χ2v) is 11.2. The van der Waals surface area contributed by atoms with Gasteiger partial charge in [-0.05, 0) is 91.3 Å². The van der Waals surface area contributed by atoms with Crippen LogP contribution < -0.4 is 25.5 Å². The minimum Gasteiger partial charge on any atom is -0.490 e. The lowest BCUT2D eigenvalue weighted by Gasteiger charge is -2.12. The lowest BCUT2D eigenvalue weighted by atomic mass is 10.1. The van der Waals surface area contributed by atoms with E-state index in [1.54, 1.807) is 54.6 Å². The zero-order chi connectivity index (χ0) is 31.6. The first-order valence-corrected chi connectivity index (χ1v) is 15.4. The predicted octanol–water partition coefficient (Wildman–Crippen LogP) is 8.04. The first kappa shape index (κ1) is 31.5. The molecule has 0 fully saturated rings. The van der Waals surface area contributed by atoms with Crippen LogP contribution in [0.2, 0.25) is 10.0 Å². The summed E-state index contributed by atoms with van der Waals surface area (Å²) in [5.41, 5.74) is 6.82. The van der Waals surface area contributed by atoms with Crippen molar-refractivity contribution in [3.05, 3.63) is 118 Å². The van der Waals surface area contributed by atoms with E-state index in [9.17, 15) is 9.59 Å². The first-order valence-electron chi connectivity index (χ1n) is 13.7. The van der Waals surface area contributed by atoms with Gasteiger partial charge in [0, 0.05) is 37.9 Å². The standard InChI is InChI=1S/C33H27Cl2N5O4S/c1-2-43-30-17-21(3-16-29(30)44-19-31(41)37-26-12-8-24(34)9-13-26)18-36-40-32(42)23-6-4-22(5-7-23)28-20-45-33(39-28)38-27-14-10-25(35)11-15-27/h3-18,20H,2,19H2,1H3,(H,37,41)(H,38,39)(H,40,42)/b36-18-. The van der Waals surface area contributed by atoms with Gasteiger partial charge in [-0.2, -0.15) is 5.10 Å². The third-order valence-electron chi connectivity index (χ3n) is 6.18. The number of carbonyl (C=O) groups is 2. The molecule has 0 bridgehead atoms. The van der Waals surface area contributed by atoms with E-state index < -0.39 is 0 Å². The number of hydrogen-bond acceptors (Lipinski definition) is 8. The SMILES string of the molecule is CCOc1cc(/C=N\NC(=O)c2ccc(-c3csc(Nc4ccc(Cl)cc4)n3)cc2)ccc1OCC(=O)Nc1ccc(Cl)cc1. The zero-order valence-electron chi connectivity index (χ0n) is 23.9. The van der Waals surface area contributed by atoms with Gasteiger partial charge in [0.15, 0.2) is 23.2 Å². The van der Waals surface area contributed by atoms with Crippen molar-refractivity contribution in [2.24, 2.45) is 5.10 Å². The molecule has 5 rings (SSSR count). The number of amides is 2. The second kappa shape index (κ2) is 15.2. The smallest absolute Gasteiger partial charge is 0.271 e. The highest BCUT2D eigenvalue weighted by molar-refractivity contribution is 7.14. The van der Waals surface area contributed by atoms with Crippen LogP contribution in [0.25, 0.3) is 11.3 Å². The van der Waals surface area contributed by atoms with Crippen LogP contribution >= 0.6 is 34.5 Å². The number of aromatic nitrogens is 1. The summed E-state index contributed by atoms with van der Waals surface area (Å²) in [5, 5.41) is 14.0. The molecule has 1 heterocycles. The Balaban J connectivity index is 1.14. The lowest BCUT2D eigenvalue weighted by Crippen LogP contribution is -2.20. The molecule has 5 aromatic rings. The summed E-state index contributed by atoms with van der Waals surface area (Å²) in [6, 6.07) is 26.4. The summed E-state index contributed by atoms with van der Waals surface area (Å²) in [7, 11) is 0. The van der Waals surface area contributed by atoms with Gasteiger partial charge in [0.25, 0.3) is 11.8 Å². The van der Waals surface area contributed by atoms with E-state index in [4.69, 9.17) is 32.7 Å². The summed E-state index contributed by atoms with van der Waals surface area (Å²) in [4.78, 5) is 29.6. The molecule has 0 radical (unpaired) electrons. The molecule has 0 saturated heterocycles. The molecule has 228 valence electrons. The number of hydrazone groups is 1. The van der Waals surface area contributed by atoms with Crippen molar-refractivity contribution in [1.29, 1.82) is 0 Å². The molecule has 3 N–H and O–H groups in total. The second-order valence-electron chi connectivity index (χ2n) is 9.43. The zero-order valence-corrected chi connectivity index (χ0v) is 26.2. The van der Waals surface area contributed by atoms with Gasteiger partial charge in [-0.3, -0.25) is 9.59 Å². The Labute approximate surface area is 273 Å². The normalized spacial score (nSPS) is 10.8. The van der Waals surface area contributed by atoms with Crippen molar-refractivity contribution in [2.45, 2.75) is 6.92 Å². The van der Waals surface area contributed by atoms with Crippen molar-refractivity contribution in [1.82, 2.24) is 10.4 Å². The van der Waals surface area contributed by atoms with Crippen molar-refractivity contribution < 1.29 is 19.1 Å². The Kier molecular flexibility index (Phi) is 10.7. The van der Waals surface area contributed by atoms with Crippen LogP contribution in [0.15, 0.2) is 101 Å². The summed E-state index contributed by atoms with van der Waals surface area (Å²) in [6.45, 7) is 2.02. The van der Waals surface area contributed by atoms with Gasteiger partial charge < -0.3 is 20.1 Å². The Morgan fingerprint density at radius 1 is 0.867 bits per heavy atom. The highest BCUT2D eigenvalue weighted by Gasteiger charge is 2.11. The number of thiazole rings is 1. The number of nitrogens with zero attached hydrogens (tertiary/aromatic N) is 2. The molecule has 45 heavy (non-hydrogen) atoms. The maximum Gasteiger partial charge on any atom is 0.271 e. The van der Waals surface area contributed by atoms with Gasteiger partial charge in [-0.15, -0.1) is 11.3 Å². The minimum absolute atomic E-state index is 0.213. The van der Waals surface area contributed by atoms with Gasteiger partial charge >= 0.3 is 0 Å². The van der Waals surface area contributed by atoms with Crippen LogP contribution in [0.4, 0.5) is 16.5 Å². The quantitative estimate of drug-likeness (QED) is 0.0922. The van der Waals surface area contributed by atoms with Crippen LogP contribution in [-0.4, -0.2) is 36.2 Å². The number of anilines is 3. The monoisotopic (exact) mass is 659 g/mol. The third-order valence-corrected chi connectivity index (χ3v) is 7.44. The van der Waals surface area contributed by atoms with Crippen LogP contribution in [0, 0.1) is 0 Å².